The van der Waals surface area contributed by atoms with E-state index < -0.39 is 0 Å². The Bertz CT molecular complexity index is 351. The van der Waals surface area contributed by atoms with Crippen molar-refractivity contribution in [2.24, 2.45) is 5.73 Å². The van der Waals surface area contributed by atoms with Crippen molar-refractivity contribution in [1.82, 2.24) is 5.32 Å². The maximum atomic E-state index is 11.0. The van der Waals surface area contributed by atoms with Gasteiger partial charge in [0, 0.05) is 18.7 Å². The van der Waals surface area contributed by atoms with E-state index in [0.717, 1.165) is 11.3 Å². The van der Waals surface area contributed by atoms with Gasteiger partial charge in [-0.05, 0) is 13.0 Å². The predicted octanol–water partition coefficient (Wildman–Crippen LogP) is 1.22. The molecule has 0 aromatic heterocycles. The molecule has 0 bridgehead atoms. The van der Waals surface area contributed by atoms with Crippen molar-refractivity contribution >= 4 is 5.91 Å². The summed E-state index contributed by atoms with van der Waals surface area (Å²) in [6, 6.07) is 7.53. The van der Waals surface area contributed by atoms with Crippen LogP contribution in [0.1, 0.15) is 24.9 Å². The van der Waals surface area contributed by atoms with Crippen molar-refractivity contribution < 1.29 is 9.53 Å². The molecule has 1 rings (SSSR count). The van der Waals surface area contributed by atoms with Crippen LogP contribution in [0.5, 0.6) is 5.75 Å². The third kappa shape index (κ3) is 3.55. The third-order valence-corrected chi connectivity index (χ3v) is 2.28. The molecule has 88 valence electrons. The second kappa shape index (κ2) is 6.12. The van der Waals surface area contributed by atoms with Gasteiger partial charge in [-0.15, -0.1) is 0 Å². The SMILES string of the molecule is CNC(=O)CCOc1ccccc1[C@H](C)N. The van der Waals surface area contributed by atoms with E-state index in [0.29, 0.717) is 13.0 Å². The Morgan fingerprint density at radius 2 is 2.19 bits per heavy atom. The highest BCUT2D eigenvalue weighted by molar-refractivity contribution is 5.75. The Hall–Kier alpha value is -1.55. The summed E-state index contributed by atoms with van der Waals surface area (Å²) in [6.07, 6.45) is 0.351. The minimum atomic E-state index is -0.0730. The van der Waals surface area contributed by atoms with Gasteiger partial charge in [-0.2, -0.15) is 0 Å². The summed E-state index contributed by atoms with van der Waals surface area (Å²) in [5.74, 6) is 0.722. The summed E-state index contributed by atoms with van der Waals surface area (Å²) in [6.45, 7) is 2.27. The highest BCUT2D eigenvalue weighted by Crippen LogP contribution is 2.23. The van der Waals surface area contributed by atoms with Crippen LogP contribution in [-0.2, 0) is 4.79 Å². The number of nitrogens with one attached hydrogen (secondary N) is 1. The van der Waals surface area contributed by atoms with Crippen LogP contribution in [0.2, 0.25) is 0 Å². The largest absolute Gasteiger partial charge is 0.493 e. The number of rotatable bonds is 5. The molecule has 0 aliphatic rings. The molecule has 1 atom stereocenters. The molecular weight excluding hydrogens is 204 g/mol. The first kappa shape index (κ1) is 12.5. The molecule has 0 saturated heterocycles. The molecule has 1 amide bonds. The topological polar surface area (TPSA) is 64.3 Å². The summed E-state index contributed by atoms with van der Waals surface area (Å²) in [5.41, 5.74) is 6.77. The highest BCUT2D eigenvalue weighted by Gasteiger charge is 2.07. The first-order chi connectivity index (χ1) is 7.65. The zero-order chi connectivity index (χ0) is 12.0. The summed E-state index contributed by atoms with van der Waals surface area (Å²) in [7, 11) is 1.61. The van der Waals surface area contributed by atoms with Crippen LogP contribution in [0.4, 0.5) is 0 Å². The predicted molar refractivity (Wildman–Crippen MR) is 63.2 cm³/mol. The minimum absolute atomic E-state index is 0.0294. The molecule has 0 fully saturated rings. The van der Waals surface area contributed by atoms with Gasteiger partial charge in [0.2, 0.25) is 5.91 Å². The van der Waals surface area contributed by atoms with Gasteiger partial charge in [-0.25, -0.2) is 0 Å². The molecule has 0 aliphatic carbocycles. The van der Waals surface area contributed by atoms with E-state index in [1.807, 2.05) is 31.2 Å². The van der Waals surface area contributed by atoms with Gasteiger partial charge in [-0.1, -0.05) is 18.2 Å². The molecule has 0 unspecified atom stereocenters. The number of ether oxygens (including phenoxy) is 1. The van der Waals surface area contributed by atoms with Crippen LogP contribution in [0, 0.1) is 0 Å². The van der Waals surface area contributed by atoms with E-state index in [-0.39, 0.29) is 11.9 Å². The van der Waals surface area contributed by atoms with Gasteiger partial charge in [0.25, 0.3) is 0 Å². The molecular formula is C12H18N2O2. The minimum Gasteiger partial charge on any atom is -0.493 e. The molecule has 3 N–H and O–H groups in total. The van der Waals surface area contributed by atoms with Gasteiger partial charge in [-0.3, -0.25) is 4.79 Å². The van der Waals surface area contributed by atoms with E-state index in [2.05, 4.69) is 5.32 Å². The first-order valence-electron chi connectivity index (χ1n) is 5.33. The second-order valence-corrected chi connectivity index (χ2v) is 3.60. The van der Waals surface area contributed by atoms with Crippen LogP contribution in [0.3, 0.4) is 0 Å². The Morgan fingerprint density at radius 1 is 1.50 bits per heavy atom. The van der Waals surface area contributed by atoms with Gasteiger partial charge in [0.1, 0.15) is 5.75 Å². The maximum absolute atomic E-state index is 11.0. The quantitative estimate of drug-likeness (QED) is 0.787. The van der Waals surface area contributed by atoms with Crippen molar-refractivity contribution in [3.05, 3.63) is 29.8 Å². The van der Waals surface area contributed by atoms with Crippen molar-refractivity contribution in [3.8, 4) is 5.75 Å². The zero-order valence-corrected chi connectivity index (χ0v) is 9.69. The fourth-order valence-electron chi connectivity index (χ4n) is 1.37. The number of carbonyl (C=O) groups excluding carboxylic acids is 1. The van der Waals surface area contributed by atoms with Crippen LogP contribution in [0.15, 0.2) is 24.3 Å². The second-order valence-electron chi connectivity index (χ2n) is 3.60. The summed E-state index contributed by atoms with van der Waals surface area (Å²) in [4.78, 5) is 11.0. The van der Waals surface area contributed by atoms with E-state index in [1.54, 1.807) is 7.05 Å². The van der Waals surface area contributed by atoms with Crippen molar-refractivity contribution in [3.63, 3.8) is 0 Å². The van der Waals surface area contributed by atoms with Crippen molar-refractivity contribution in [2.45, 2.75) is 19.4 Å². The summed E-state index contributed by atoms with van der Waals surface area (Å²) in [5, 5.41) is 2.54. The Balaban J connectivity index is 2.56. The average molecular weight is 222 g/mol. The van der Waals surface area contributed by atoms with Gasteiger partial charge >= 0.3 is 0 Å². The van der Waals surface area contributed by atoms with Crippen LogP contribution in [-0.4, -0.2) is 19.6 Å². The number of hydrogen-bond acceptors (Lipinski definition) is 3. The molecule has 0 spiro atoms. The lowest BCUT2D eigenvalue weighted by atomic mass is 10.1. The van der Waals surface area contributed by atoms with E-state index >= 15 is 0 Å². The molecule has 4 heteroatoms. The van der Waals surface area contributed by atoms with Crippen molar-refractivity contribution in [2.75, 3.05) is 13.7 Å². The lowest BCUT2D eigenvalue weighted by molar-refractivity contribution is -0.121. The number of amides is 1. The molecule has 4 nitrogen and oxygen atoms in total. The molecule has 0 heterocycles. The van der Waals surface area contributed by atoms with Crippen LogP contribution >= 0.6 is 0 Å². The summed E-state index contributed by atoms with van der Waals surface area (Å²) >= 11 is 0. The highest BCUT2D eigenvalue weighted by atomic mass is 16.5. The molecule has 1 aromatic carbocycles. The van der Waals surface area contributed by atoms with E-state index in [4.69, 9.17) is 10.5 Å². The number of hydrogen-bond donors (Lipinski definition) is 2. The lowest BCUT2D eigenvalue weighted by Gasteiger charge is -2.13. The molecule has 1 aromatic rings. The smallest absolute Gasteiger partial charge is 0.223 e. The molecule has 0 aliphatic heterocycles. The van der Waals surface area contributed by atoms with E-state index in [1.165, 1.54) is 0 Å². The van der Waals surface area contributed by atoms with Gasteiger partial charge in [0.05, 0.1) is 13.0 Å². The molecule has 16 heavy (non-hydrogen) atoms. The average Bonchev–Trinajstić information content (AvgIpc) is 2.29. The number of nitrogens with two attached hydrogens (primary N) is 1. The monoisotopic (exact) mass is 222 g/mol. The Labute approximate surface area is 95.8 Å². The normalized spacial score (nSPS) is 11.9. The summed E-state index contributed by atoms with van der Waals surface area (Å²) < 4.78 is 5.53. The van der Waals surface area contributed by atoms with E-state index in [9.17, 15) is 4.79 Å². The maximum Gasteiger partial charge on any atom is 0.223 e. The van der Waals surface area contributed by atoms with Crippen molar-refractivity contribution in [1.29, 1.82) is 0 Å². The zero-order valence-electron chi connectivity index (χ0n) is 9.69. The fraction of sp³-hybridized carbons (Fsp3) is 0.417. The van der Waals surface area contributed by atoms with Gasteiger partial charge < -0.3 is 15.8 Å². The fourth-order valence-corrected chi connectivity index (χ4v) is 1.37. The van der Waals surface area contributed by atoms with Crippen LogP contribution in [0.25, 0.3) is 0 Å². The van der Waals surface area contributed by atoms with Gasteiger partial charge in [0.15, 0.2) is 0 Å². The number of carbonyl (C=O) groups is 1. The number of para-hydroxylation sites is 1. The molecule has 0 radical (unpaired) electrons. The molecule has 0 saturated carbocycles. The third-order valence-electron chi connectivity index (χ3n) is 2.28. The lowest BCUT2D eigenvalue weighted by Crippen LogP contribution is -2.20. The Morgan fingerprint density at radius 3 is 2.81 bits per heavy atom. The first-order valence-corrected chi connectivity index (χ1v) is 5.33. The standard InChI is InChI=1S/C12H18N2O2/c1-9(13)10-5-3-4-6-11(10)16-8-7-12(15)14-2/h3-6,9H,7-8,13H2,1-2H3,(H,14,15)/t9-/m0/s1. The number of benzene rings is 1. The Kier molecular flexibility index (Phi) is 4.79. The van der Waals surface area contributed by atoms with Crippen LogP contribution < -0.4 is 15.8 Å².